The molecule has 0 heterocycles. The molecule has 1 aromatic carbocycles. The molecule has 4 heteroatoms. The lowest BCUT2D eigenvalue weighted by molar-refractivity contribution is 0.0946. The normalized spacial score (nSPS) is 23.1. The van der Waals surface area contributed by atoms with Gasteiger partial charge in [0.05, 0.1) is 5.56 Å². The number of nitrogens with one attached hydrogen (secondary N) is 1. The van der Waals surface area contributed by atoms with Gasteiger partial charge in [-0.15, -0.1) is 0 Å². The van der Waals surface area contributed by atoms with E-state index in [9.17, 15) is 4.79 Å². The average molecular weight is 422 g/mol. The van der Waals surface area contributed by atoms with E-state index < -0.39 is 0 Å². The summed E-state index contributed by atoms with van der Waals surface area (Å²) < 4.78 is 1.94. The zero-order valence-electron chi connectivity index (χ0n) is 10.4. The molecule has 1 saturated carbocycles. The Bertz CT molecular complexity index is 449. The number of carbonyl (C=O) groups excluding carboxylic acids is 1. The van der Waals surface area contributed by atoms with Crippen LogP contribution in [0, 0.1) is 15.4 Å². The first-order chi connectivity index (χ1) is 8.56. The molecule has 0 radical (unpaired) electrons. The first-order valence-corrected chi connectivity index (χ1v) is 8.16. The van der Waals surface area contributed by atoms with Gasteiger partial charge in [0.25, 0.3) is 5.91 Å². The van der Waals surface area contributed by atoms with Crippen molar-refractivity contribution >= 4 is 44.4 Å². The smallest absolute Gasteiger partial charge is 0.252 e. The van der Waals surface area contributed by atoms with E-state index in [-0.39, 0.29) is 5.91 Å². The van der Waals surface area contributed by atoms with Crippen LogP contribution in [0.1, 0.15) is 36.5 Å². The van der Waals surface area contributed by atoms with Gasteiger partial charge < -0.3 is 5.32 Å². The second-order valence-corrected chi connectivity index (χ2v) is 7.22. The van der Waals surface area contributed by atoms with E-state index in [2.05, 4.69) is 50.8 Å². The van der Waals surface area contributed by atoms with E-state index in [1.165, 1.54) is 19.3 Å². The van der Waals surface area contributed by atoms with Crippen molar-refractivity contribution in [1.82, 2.24) is 5.32 Å². The first kappa shape index (κ1) is 14.3. The van der Waals surface area contributed by atoms with E-state index in [1.54, 1.807) is 0 Å². The van der Waals surface area contributed by atoms with Crippen molar-refractivity contribution in [3.05, 3.63) is 31.8 Å². The SMILES string of the molecule is CC1CCC(CNC(=O)c2cc(I)ccc2Br)C1. The highest BCUT2D eigenvalue weighted by atomic mass is 127. The molecule has 98 valence electrons. The molecule has 2 unspecified atom stereocenters. The highest BCUT2D eigenvalue weighted by Crippen LogP contribution is 2.29. The average Bonchev–Trinajstić information content (AvgIpc) is 2.75. The maximum absolute atomic E-state index is 12.1. The van der Waals surface area contributed by atoms with Gasteiger partial charge in [0.2, 0.25) is 0 Å². The zero-order valence-corrected chi connectivity index (χ0v) is 14.1. The van der Waals surface area contributed by atoms with Gasteiger partial charge in [-0.3, -0.25) is 4.79 Å². The van der Waals surface area contributed by atoms with Crippen LogP contribution < -0.4 is 5.32 Å². The van der Waals surface area contributed by atoms with Gasteiger partial charge in [-0.2, -0.15) is 0 Å². The lowest BCUT2D eigenvalue weighted by Gasteiger charge is -2.12. The molecule has 1 aliphatic rings. The maximum Gasteiger partial charge on any atom is 0.252 e. The Morgan fingerprint density at radius 3 is 2.94 bits per heavy atom. The van der Waals surface area contributed by atoms with Gasteiger partial charge in [0.1, 0.15) is 0 Å². The Labute approximate surface area is 130 Å². The van der Waals surface area contributed by atoms with Crippen LogP contribution >= 0.6 is 38.5 Å². The zero-order chi connectivity index (χ0) is 13.1. The van der Waals surface area contributed by atoms with E-state index >= 15 is 0 Å². The summed E-state index contributed by atoms with van der Waals surface area (Å²) in [5, 5.41) is 3.06. The first-order valence-electron chi connectivity index (χ1n) is 6.29. The molecule has 1 amide bonds. The fourth-order valence-corrected chi connectivity index (χ4v) is 3.43. The molecule has 1 aromatic rings. The lowest BCUT2D eigenvalue weighted by Crippen LogP contribution is -2.28. The number of hydrogen-bond donors (Lipinski definition) is 1. The summed E-state index contributed by atoms with van der Waals surface area (Å²) in [6.45, 7) is 3.10. The van der Waals surface area contributed by atoms with Crippen LogP contribution in [-0.2, 0) is 0 Å². The van der Waals surface area contributed by atoms with Crippen molar-refractivity contribution in [2.24, 2.45) is 11.8 Å². The molecule has 0 aromatic heterocycles. The molecule has 1 N–H and O–H groups in total. The molecule has 2 rings (SSSR count). The third-order valence-electron chi connectivity index (χ3n) is 3.53. The van der Waals surface area contributed by atoms with Crippen LogP contribution in [0.4, 0.5) is 0 Å². The van der Waals surface area contributed by atoms with Crippen molar-refractivity contribution < 1.29 is 4.79 Å². The summed E-state index contributed by atoms with van der Waals surface area (Å²) in [6.07, 6.45) is 3.79. The molecular formula is C14H17BrINO. The third kappa shape index (κ3) is 3.70. The summed E-state index contributed by atoms with van der Waals surface area (Å²) in [6, 6.07) is 5.83. The van der Waals surface area contributed by atoms with Gasteiger partial charge in [-0.1, -0.05) is 13.3 Å². The number of halogens is 2. The summed E-state index contributed by atoms with van der Waals surface area (Å²) in [5.74, 6) is 1.50. The summed E-state index contributed by atoms with van der Waals surface area (Å²) in [7, 11) is 0. The number of benzene rings is 1. The predicted molar refractivity (Wildman–Crippen MR) is 85.7 cm³/mol. The number of hydrogen-bond acceptors (Lipinski definition) is 1. The Kier molecular flexibility index (Phi) is 5.06. The van der Waals surface area contributed by atoms with Crippen LogP contribution in [0.25, 0.3) is 0 Å². The number of amides is 1. The Hall–Kier alpha value is -0.100. The minimum Gasteiger partial charge on any atom is -0.352 e. The standard InChI is InChI=1S/C14H17BrINO/c1-9-2-3-10(6-9)8-17-14(18)12-7-11(16)4-5-13(12)15/h4-5,7,9-10H,2-3,6,8H2,1H3,(H,17,18). The summed E-state index contributed by atoms with van der Waals surface area (Å²) in [4.78, 5) is 12.1. The molecule has 2 nitrogen and oxygen atoms in total. The second-order valence-electron chi connectivity index (χ2n) is 5.12. The molecule has 0 saturated heterocycles. The van der Waals surface area contributed by atoms with Crippen molar-refractivity contribution in [3.8, 4) is 0 Å². The molecule has 18 heavy (non-hydrogen) atoms. The summed E-state index contributed by atoms with van der Waals surface area (Å²) >= 11 is 5.65. The fraction of sp³-hybridized carbons (Fsp3) is 0.500. The monoisotopic (exact) mass is 421 g/mol. The van der Waals surface area contributed by atoms with E-state index in [0.717, 1.165) is 26.1 Å². The van der Waals surface area contributed by atoms with Crippen molar-refractivity contribution in [1.29, 1.82) is 0 Å². The maximum atomic E-state index is 12.1. The molecule has 1 aliphatic carbocycles. The summed E-state index contributed by atoms with van der Waals surface area (Å²) in [5.41, 5.74) is 0.730. The Morgan fingerprint density at radius 1 is 1.50 bits per heavy atom. The van der Waals surface area contributed by atoms with Crippen molar-refractivity contribution in [2.45, 2.75) is 26.2 Å². The van der Waals surface area contributed by atoms with E-state index in [1.807, 2.05) is 18.2 Å². The predicted octanol–water partition coefficient (Wildman–Crippen LogP) is 4.22. The van der Waals surface area contributed by atoms with E-state index in [0.29, 0.717) is 5.92 Å². The molecule has 0 spiro atoms. The molecule has 2 atom stereocenters. The van der Waals surface area contributed by atoms with E-state index in [4.69, 9.17) is 0 Å². The molecule has 0 aliphatic heterocycles. The van der Waals surface area contributed by atoms with Crippen molar-refractivity contribution in [3.63, 3.8) is 0 Å². The van der Waals surface area contributed by atoms with Crippen LogP contribution in [0.2, 0.25) is 0 Å². The largest absolute Gasteiger partial charge is 0.352 e. The molecule has 0 bridgehead atoms. The Morgan fingerprint density at radius 2 is 2.28 bits per heavy atom. The van der Waals surface area contributed by atoms with Gasteiger partial charge in [0, 0.05) is 14.6 Å². The topological polar surface area (TPSA) is 29.1 Å². The second kappa shape index (κ2) is 6.37. The lowest BCUT2D eigenvalue weighted by atomic mass is 10.1. The van der Waals surface area contributed by atoms with Crippen LogP contribution in [0.3, 0.4) is 0 Å². The quantitative estimate of drug-likeness (QED) is 0.727. The van der Waals surface area contributed by atoms with Gasteiger partial charge in [0.15, 0.2) is 0 Å². The highest BCUT2D eigenvalue weighted by Gasteiger charge is 2.22. The highest BCUT2D eigenvalue weighted by molar-refractivity contribution is 14.1. The number of rotatable bonds is 3. The van der Waals surface area contributed by atoms with Crippen molar-refractivity contribution in [2.75, 3.05) is 6.54 Å². The minimum absolute atomic E-state index is 0.0277. The van der Waals surface area contributed by atoms with Gasteiger partial charge in [-0.25, -0.2) is 0 Å². The minimum atomic E-state index is 0.0277. The van der Waals surface area contributed by atoms with Crippen LogP contribution in [0.15, 0.2) is 22.7 Å². The third-order valence-corrected chi connectivity index (χ3v) is 4.89. The van der Waals surface area contributed by atoms with Crippen LogP contribution in [-0.4, -0.2) is 12.5 Å². The van der Waals surface area contributed by atoms with Gasteiger partial charge in [-0.05, 0) is 81.4 Å². The Balaban J connectivity index is 1.93. The van der Waals surface area contributed by atoms with Gasteiger partial charge >= 0.3 is 0 Å². The number of carbonyl (C=O) groups is 1. The fourth-order valence-electron chi connectivity index (χ4n) is 2.51. The van der Waals surface area contributed by atoms with Crippen LogP contribution in [0.5, 0.6) is 0 Å². The molecular weight excluding hydrogens is 405 g/mol. The molecule has 1 fully saturated rings.